The maximum atomic E-state index is 4.07. The van der Waals surface area contributed by atoms with Gasteiger partial charge in [0.25, 0.3) is 0 Å². The van der Waals surface area contributed by atoms with Crippen molar-refractivity contribution in [3.63, 3.8) is 0 Å². The van der Waals surface area contributed by atoms with E-state index in [1.54, 1.807) is 17.5 Å². The molecule has 0 saturated carbocycles. The van der Waals surface area contributed by atoms with Crippen molar-refractivity contribution in [3.05, 3.63) is 23.3 Å². The molecule has 0 unspecified atom stereocenters. The molecule has 1 aromatic heterocycles. The molecule has 1 aromatic rings. The maximum Gasteiger partial charge on any atom is 0.186 e. The zero-order valence-corrected chi connectivity index (χ0v) is 6.90. The first kappa shape index (κ1) is 7.28. The second-order valence-corrected chi connectivity index (χ2v) is 2.83. The molecule has 0 spiro atoms. The van der Waals surface area contributed by atoms with Crippen molar-refractivity contribution in [3.8, 4) is 0 Å². The summed E-state index contributed by atoms with van der Waals surface area (Å²) in [6.07, 6.45) is 3.80. The second kappa shape index (κ2) is 3.37. The Hall–Kier alpha value is -0.830. The molecule has 0 radical (unpaired) electrons. The Morgan fingerprint density at radius 2 is 2.60 bits per heavy atom. The highest BCUT2D eigenvalue weighted by molar-refractivity contribution is 7.13. The molecule has 1 N–H and O–H groups in total. The lowest BCUT2D eigenvalue weighted by atomic mass is 10.5. The van der Waals surface area contributed by atoms with Gasteiger partial charge in [0.15, 0.2) is 5.13 Å². The van der Waals surface area contributed by atoms with Gasteiger partial charge >= 0.3 is 0 Å². The standard InChI is InChI=1S/C7H10N2S/c1-3-6(2)9-7-8-4-5-10-7/h3-5H,1-2H3,(H,8,9)/b6-3-. The van der Waals surface area contributed by atoms with E-state index in [0.717, 1.165) is 10.8 Å². The van der Waals surface area contributed by atoms with Crippen LogP contribution in [0, 0.1) is 0 Å². The van der Waals surface area contributed by atoms with Gasteiger partial charge in [-0.05, 0) is 13.8 Å². The summed E-state index contributed by atoms with van der Waals surface area (Å²) in [4.78, 5) is 4.07. The van der Waals surface area contributed by atoms with Crippen molar-refractivity contribution in [1.82, 2.24) is 4.98 Å². The zero-order chi connectivity index (χ0) is 7.40. The van der Waals surface area contributed by atoms with Gasteiger partial charge in [0.2, 0.25) is 0 Å². The lowest BCUT2D eigenvalue weighted by Gasteiger charge is -1.98. The average Bonchev–Trinajstić information content (AvgIpc) is 2.40. The number of thiazole rings is 1. The highest BCUT2D eigenvalue weighted by Crippen LogP contribution is 2.12. The van der Waals surface area contributed by atoms with E-state index >= 15 is 0 Å². The van der Waals surface area contributed by atoms with E-state index in [9.17, 15) is 0 Å². The van der Waals surface area contributed by atoms with Crippen LogP contribution in [0.3, 0.4) is 0 Å². The van der Waals surface area contributed by atoms with Crippen molar-refractivity contribution < 1.29 is 0 Å². The van der Waals surface area contributed by atoms with E-state index < -0.39 is 0 Å². The fourth-order valence-electron chi connectivity index (χ4n) is 0.526. The molecule has 0 saturated heterocycles. The minimum Gasteiger partial charge on any atom is -0.336 e. The van der Waals surface area contributed by atoms with Crippen LogP contribution in [0.1, 0.15) is 13.8 Å². The minimum absolute atomic E-state index is 0.954. The maximum absolute atomic E-state index is 4.07. The normalized spacial score (nSPS) is 11.6. The van der Waals surface area contributed by atoms with Gasteiger partial charge in [-0.25, -0.2) is 4.98 Å². The van der Waals surface area contributed by atoms with Gasteiger partial charge in [0, 0.05) is 17.3 Å². The van der Waals surface area contributed by atoms with Crippen LogP contribution in [0.5, 0.6) is 0 Å². The Bertz CT molecular complexity index is 214. The summed E-state index contributed by atoms with van der Waals surface area (Å²) >= 11 is 1.60. The van der Waals surface area contributed by atoms with Crippen LogP contribution >= 0.6 is 11.3 Å². The first-order chi connectivity index (χ1) is 4.83. The van der Waals surface area contributed by atoms with E-state index in [-0.39, 0.29) is 0 Å². The number of hydrogen-bond donors (Lipinski definition) is 1. The zero-order valence-electron chi connectivity index (χ0n) is 6.09. The molecule has 0 aliphatic heterocycles. The molecule has 1 rings (SSSR count). The molecule has 0 fully saturated rings. The number of allylic oxidation sites excluding steroid dienone is 2. The lowest BCUT2D eigenvalue weighted by molar-refractivity contribution is 1.30. The number of rotatable bonds is 2. The largest absolute Gasteiger partial charge is 0.336 e. The summed E-state index contributed by atoms with van der Waals surface area (Å²) in [7, 11) is 0. The van der Waals surface area contributed by atoms with Crippen LogP contribution in [-0.2, 0) is 0 Å². The fraction of sp³-hybridized carbons (Fsp3) is 0.286. The molecule has 0 atom stereocenters. The second-order valence-electron chi connectivity index (χ2n) is 1.93. The van der Waals surface area contributed by atoms with Crippen LogP contribution in [0.2, 0.25) is 0 Å². The van der Waals surface area contributed by atoms with Crippen LogP contribution in [0.15, 0.2) is 23.3 Å². The van der Waals surface area contributed by atoms with Gasteiger partial charge in [-0.15, -0.1) is 11.3 Å². The molecule has 0 aliphatic rings. The molecule has 1 heterocycles. The fourth-order valence-corrected chi connectivity index (χ4v) is 1.12. The van der Waals surface area contributed by atoms with Gasteiger partial charge < -0.3 is 5.32 Å². The Labute approximate surface area is 64.6 Å². The van der Waals surface area contributed by atoms with Gasteiger partial charge in [-0.1, -0.05) is 6.08 Å². The first-order valence-corrected chi connectivity index (χ1v) is 4.00. The van der Waals surface area contributed by atoms with Gasteiger partial charge in [0.1, 0.15) is 0 Å². The molecule has 2 nitrogen and oxygen atoms in total. The Kier molecular flexibility index (Phi) is 2.45. The van der Waals surface area contributed by atoms with Crippen LogP contribution in [-0.4, -0.2) is 4.98 Å². The third-order valence-corrected chi connectivity index (χ3v) is 1.86. The highest BCUT2D eigenvalue weighted by Gasteiger charge is 1.91. The summed E-state index contributed by atoms with van der Waals surface area (Å²) in [5.41, 5.74) is 1.13. The van der Waals surface area contributed by atoms with Crippen molar-refractivity contribution in [2.24, 2.45) is 0 Å². The number of nitrogens with zero attached hydrogens (tertiary/aromatic N) is 1. The number of anilines is 1. The van der Waals surface area contributed by atoms with E-state index in [4.69, 9.17) is 0 Å². The summed E-state index contributed by atoms with van der Waals surface area (Å²) in [6, 6.07) is 0. The summed E-state index contributed by atoms with van der Waals surface area (Å²) in [5.74, 6) is 0. The Balaban J connectivity index is 2.56. The summed E-state index contributed by atoms with van der Waals surface area (Å²) in [5, 5.41) is 6.04. The van der Waals surface area contributed by atoms with E-state index in [2.05, 4.69) is 10.3 Å². The van der Waals surface area contributed by atoms with Crippen molar-refractivity contribution in [2.45, 2.75) is 13.8 Å². The smallest absolute Gasteiger partial charge is 0.186 e. The summed E-state index contributed by atoms with van der Waals surface area (Å²) in [6.45, 7) is 4.01. The van der Waals surface area contributed by atoms with E-state index in [1.165, 1.54) is 0 Å². The lowest BCUT2D eigenvalue weighted by Crippen LogP contribution is -1.92. The summed E-state index contributed by atoms with van der Waals surface area (Å²) < 4.78 is 0. The third kappa shape index (κ3) is 1.84. The molecular weight excluding hydrogens is 144 g/mol. The molecule has 0 aliphatic carbocycles. The third-order valence-electron chi connectivity index (χ3n) is 1.17. The van der Waals surface area contributed by atoms with E-state index in [1.807, 2.05) is 25.3 Å². The number of nitrogens with one attached hydrogen (secondary N) is 1. The van der Waals surface area contributed by atoms with Crippen molar-refractivity contribution in [2.75, 3.05) is 5.32 Å². The van der Waals surface area contributed by atoms with Crippen molar-refractivity contribution in [1.29, 1.82) is 0 Å². The topological polar surface area (TPSA) is 24.9 Å². The van der Waals surface area contributed by atoms with Crippen LogP contribution in [0.25, 0.3) is 0 Å². The SMILES string of the molecule is C/C=C(/C)Nc1nccs1. The Morgan fingerprint density at radius 3 is 3.10 bits per heavy atom. The first-order valence-electron chi connectivity index (χ1n) is 3.12. The minimum atomic E-state index is 0.954. The van der Waals surface area contributed by atoms with Gasteiger partial charge in [-0.3, -0.25) is 0 Å². The molecule has 0 amide bonds. The molecule has 54 valence electrons. The molecule has 0 bridgehead atoms. The Morgan fingerprint density at radius 1 is 1.80 bits per heavy atom. The van der Waals surface area contributed by atoms with E-state index in [0.29, 0.717) is 0 Å². The van der Waals surface area contributed by atoms with Crippen molar-refractivity contribution >= 4 is 16.5 Å². The predicted molar refractivity (Wildman–Crippen MR) is 45.2 cm³/mol. The monoisotopic (exact) mass is 154 g/mol. The van der Waals surface area contributed by atoms with Crippen LogP contribution < -0.4 is 5.32 Å². The average molecular weight is 154 g/mol. The predicted octanol–water partition coefficient (Wildman–Crippen LogP) is 2.48. The molecule has 3 heteroatoms. The molecular formula is C7H10N2S. The quantitative estimate of drug-likeness (QED) is 0.707. The molecule has 10 heavy (non-hydrogen) atoms. The van der Waals surface area contributed by atoms with Gasteiger partial charge in [0.05, 0.1) is 0 Å². The highest BCUT2D eigenvalue weighted by atomic mass is 32.1. The van der Waals surface area contributed by atoms with Gasteiger partial charge in [-0.2, -0.15) is 0 Å². The molecule has 0 aromatic carbocycles. The number of aromatic nitrogens is 1. The van der Waals surface area contributed by atoms with Crippen LogP contribution in [0.4, 0.5) is 5.13 Å². The number of hydrogen-bond acceptors (Lipinski definition) is 3.